The van der Waals surface area contributed by atoms with Crippen LogP contribution in [-0.4, -0.2) is 25.2 Å². The van der Waals surface area contributed by atoms with Crippen molar-refractivity contribution in [3.8, 4) is 17.2 Å². The molecule has 1 heterocycles. The van der Waals surface area contributed by atoms with Gasteiger partial charge in [0.1, 0.15) is 23.1 Å². The van der Waals surface area contributed by atoms with Crippen molar-refractivity contribution < 1.29 is 13.9 Å². The summed E-state index contributed by atoms with van der Waals surface area (Å²) in [7, 11) is 1.59. The van der Waals surface area contributed by atoms with Crippen LogP contribution >= 0.6 is 24.0 Å². The van der Waals surface area contributed by atoms with Crippen LogP contribution in [0.25, 0.3) is 10.9 Å². The van der Waals surface area contributed by atoms with E-state index >= 15 is 0 Å². The molecule has 4 rings (SSSR count). The Bertz CT molecular complexity index is 1220. The van der Waals surface area contributed by atoms with E-state index in [1.807, 2.05) is 36.4 Å². The van der Waals surface area contributed by atoms with E-state index in [9.17, 15) is 4.39 Å². The maximum absolute atomic E-state index is 13.5. The van der Waals surface area contributed by atoms with E-state index < -0.39 is 0 Å². The molecule has 0 atom stereocenters. The molecule has 0 amide bonds. The number of fused-ring (bicyclic) bond motifs is 1. The van der Waals surface area contributed by atoms with Crippen LogP contribution in [0.1, 0.15) is 12.0 Å². The minimum atomic E-state index is -0.263. The van der Waals surface area contributed by atoms with Crippen LogP contribution in [0.4, 0.5) is 10.1 Å². The number of methoxy groups -OCH3 is 1. The van der Waals surface area contributed by atoms with Gasteiger partial charge in [0, 0.05) is 47.0 Å². The Morgan fingerprint density at radius 2 is 1.74 bits per heavy atom. The van der Waals surface area contributed by atoms with Crippen LogP contribution in [0.2, 0.25) is 5.02 Å². The highest BCUT2D eigenvalue weighted by Gasteiger charge is 2.06. The lowest BCUT2D eigenvalue weighted by Crippen LogP contribution is -2.18. The van der Waals surface area contributed by atoms with Crippen LogP contribution in [0.3, 0.4) is 0 Å². The Morgan fingerprint density at radius 1 is 0.941 bits per heavy atom. The summed E-state index contributed by atoms with van der Waals surface area (Å²) >= 11 is 5.93. The molecular weight excluding hydrogens is 476 g/mol. The lowest BCUT2D eigenvalue weighted by atomic mass is 10.1. The molecule has 178 valence electrons. The predicted octanol–water partition coefficient (Wildman–Crippen LogP) is 6.84. The zero-order valence-corrected chi connectivity index (χ0v) is 20.3. The maximum Gasteiger partial charge on any atom is 0.129 e. The maximum atomic E-state index is 13.5. The Morgan fingerprint density at radius 3 is 2.53 bits per heavy atom. The van der Waals surface area contributed by atoms with Crippen LogP contribution in [0.5, 0.6) is 17.2 Å². The molecule has 3 aromatic carbocycles. The highest BCUT2D eigenvalue weighted by Crippen LogP contribution is 2.29. The zero-order chi connectivity index (χ0) is 23.0. The second-order valence-corrected chi connectivity index (χ2v) is 7.94. The van der Waals surface area contributed by atoms with E-state index in [0.717, 1.165) is 47.4 Å². The minimum absolute atomic E-state index is 0. The Labute approximate surface area is 209 Å². The number of aromatic nitrogens is 1. The highest BCUT2D eigenvalue weighted by molar-refractivity contribution is 6.30. The van der Waals surface area contributed by atoms with Crippen molar-refractivity contribution in [3.63, 3.8) is 0 Å². The van der Waals surface area contributed by atoms with E-state index in [-0.39, 0.29) is 18.2 Å². The number of hydrogen-bond acceptors (Lipinski definition) is 5. The lowest BCUT2D eigenvalue weighted by molar-refractivity contribution is 0.406. The largest absolute Gasteiger partial charge is 0.496 e. The van der Waals surface area contributed by atoms with Crippen molar-refractivity contribution in [2.24, 2.45) is 0 Å². The lowest BCUT2D eigenvalue weighted by Gasteiger charge is -2.12. The molecule has 8 heteroatoms. The van der Waals surface area contributed by atoms with Crippen LogP contribution in [0.15, 0.2) is 72.9 Å². The molecule has 0 spiro atoms. The summed E-state index contributed by atoms with van der Waals surface area (Å²) in [4.78, 5) is 4.48. The van der Waals surface area contributed by atoms with Crippen molar-refractivity contribution in [1.29, 1.82) is 0 Å². The van der Waals surface area contributed by atoms with E-state index in [1.54, 1.807) is 31.5 Å². The second kappa shape index (κ2) is 12.4. The number of benzene rings is 3. The van der Waals surface area contributed by atoms with Gasteiger partial charge in [-0.2, -0.15) is 0 Å². The summed E-state index contributed by atoms with van der Waals surface area (Å²) in [6, 6.07) is 19.6. The number of anilines is 1. The monoisotopic (exact) mass is 501 g/mol. The second-order valence-electron chi connectivity index (χ2n) is 7.51. The third-order valence-electron chi connectivity index (χ3n) is 5.17. The van der Waals surface area contributed by atoms with Crippen molar-refractivity contribution in [2.75, 3.05) is 25.5 Å². The average Bonchev–Trinajstić information content (AvgIpc) is 2.83. The molecule has 0 saturated carbocycles. The number of rotatable bonds is 10. The number of nitrogens with zero attached hydrogens (tertiary/aromatic N) is 1. The molecule has 0 saturated heterocycles. The minimum Gasteiger partial charge on any atom is -0.496 e. The standard InChI is InChI=1S/C26H25ClFN3O2.ClH/c1-32-26-10-5-20(28)15-18(26)17-29-12-2-13-30-24-11-14-31-25-16-22(8-9-23(24)25)33-21-6-3-19(27)4-7-21;/h3-11,14-16,29H,2,12-13,17H2,1H3,(H,30,31);1H. The molecule has 1 aromatic heterocycles. The van der Waals surface area contributed by atoms with E-state index in [4.69, 9.17) is 21.1 Å². The molecule has 4 aromatic rings. The molecule has 0 fully saturated rings. The van der Waals surface area contributed by atoms with Gasteiger partial charge in [0.15, 0.2) is 0 Å². The molecular formula is C26H26Cl2FN3O2. The van der Waals surface area contributed by atoms with Crippen molar-refractivity contribution in [2.45, 2.75) is 13.0 Å². The Hall–Kier alpha value is -3.06. The van der Waals surface area contributed by atoms with Gasteiger partial charge in [0.05, 0.1) is 12.6 Å². The van der Waals surface area contributed by atoms with Gasteiger partial charge >= 0.3 is 0 Å². The fourth-order valence-electron chi connectivity index (χ4n) is 3.53. The zero-order valence-electron chi connectivity index (χ0n) is 18.7. The third-order valence-corrected chi connectivity index (χ3v) is 5.42. The van der Waals surface area contributed by atoms with Crippen LogP contribution < -0.4 is 20.1 Å². The quantitative estimate of drug-likeness (QED) is 0.233. The molecule has 2 N–H and O–H groups in total. The summed E-state index contributed by atoms with van der Waals surface area (Å²) in [6.45, 7) is 2.12. The number of hydrogen-bond donors (Lipinski definition) is 2. The fraction of sp³-hybridized carbons (Fsp3) is 0.192. The first-order valence-corrected chi connectivity index (χ1v) is 11.1. The molecule has 0 unspecified atom stereocenters. The van der Waals surface area contributed by atoms with Gasteiger partial charge in [-0.3, -0.25) is 4.98 Å². The van der Waals surface area contributed by atoms with Gasteiger partial charge in [-0.05, 0) is 73.6 Å². The summed E-state index contributed by atoms with van der Waals surface area (Å²) in [6.07, 6.45) is 2.68. The smallest absolute Gasteiger partial charge is 0.129 e. The van der Waals surface area contributed by atoms with E-state index in [1.165, 1.54) is 12.1 Å². The summed E-state index contributed by atoms with van der Waals surface area (Å²) in [5.41, 5.74) is 2.68. The number of pyridine rings is 1. The first kappa shape index (κ1) is 25.6. The summed E-state index contributed by atoms with van der Waals surface area (Å²) < 4.78 is 24.7. The Kier molecular flexibility index (Phi) is 9.33. The van der Waals surface area contributed by atoms with Crippen LogP contribution in [0, 0.1) is 5.82 Å². The highest BCUT2D eigenvalue weighted by atomic mass is 35.5. The topological polar surface area (TPSA) is 55.4 Å². The molecule has 0 aliphatic carbocycles. The first-order chi connectivity index (χ1) is 16.1. The van der Waals surface area contributed by atoms with Crippen molar-refractivity contribution in [1.82, 2.24) is 10.3 Å². The molecule has 34 heavy (non-hydrogen) atoms. The predicted molar refractivity (Wildman–Crippen MR) is 138 cm³/mol. The Balaban J connectivity index is 0.00000324. The van der Waals surface area contributed by atoms with Crippen LogP contribution in [-0.2, 0) is 6.54 Å². The number of ether oxygens (including phenoxy) is 2. The SMILES string of the molecule is COc1ccc(F)cc1CNCCCNc1ccnc2cc(Oc3ccc(Cl)cc3)ccc12.Cl. The van der Waals surface area contributed by atoms with E-state index in [0.29, 0.717) is 23.1 Å². The molecule has 0 aliphatic rings. The van der Waals surface area contributed by atoms with Gasteiger partial charge in [-0.15, -0.1) is 12.4 Å². The number of halogens is 3. The normalized spacial score (nSPS) is 10.6. The average molecular weight is 502 g/mol. The third kappa shape index (κ3) is 6.73. The van der Waals surface area contributed by atoms with Gasteiger partial charge in [0.25, 0.3) is 0 Å². The molecule has 0 bridgehead atoms. The first-order valence-electron chi connectivity index (χ1n) is 10.7. The van der Waals surface area contributed by atoms with Gasteiger partial charge in [-0.1, -0.05) is 11.6 Å². The molecule has 0 radical (unpaired) electrons. The number of nitrogens with one attached hydrogen (secondary N) is 2. The van der Waals surface area contributed by atoms with Crippen molar-refractivity contribution in [3.05, 3.63) is 89.3 Å². The van der Waals surface area contributed by atoms with Gasteiger partial charge in [0.2, 0.25) is 0 Å². The van der Waals surface area contributed by atoms with E-state index in [2.05, 4.69) is 15.6 Å². The summed E-state index contributed by atoms with van der Waals surface area (Å²) in [5.74, 6) is 1.85. The summed E-state index contributed by atoms with van der Waals surface area (Å²) in [5, 5.41) is 8.51. The molecule has 5 nitrogen and oxygen atoms in total. The van der Waals surface area contributed by atoms with Gasteiger partial charge in [-0.25, -0.2) is 4.39 Å². The van der Waals surface area contributed by atoms with Gasteiger partial charge < -0.3 is 20.1 Å². The fourth-order valence-corrected chi connectivity index (χ4v) is 3.66. The van der Waals surface area contributed by atoms with Crippen molar-refractivity contribution >= 4 is 40.6 Å². The molecule has 0 aliphatic heterocycles.